The minimum atomic E-state index is 1.01. The Morgan fingerprint density at radius 1 is 0.947 bits per heavy atom. The number of rotatable bonds is 1. The maximum atomic E-state index is 3.51. The zero-order valence-corrected chi connectivity index (χ0v) is 11.8. The van der Waals surface area contributed by atoms with Crippen molar-refractivity contribution >= 4 is 0 Å². The molecule has 0 radical (unpaired) electrons. The summed E-state index contributed by atoms with van der Waals surface area (Å²) in [6.45, 7) is 6.49. The van der Waals surface area contributed by atoms with Gasteiger partial charge in [-0.1, -0.05) is 35.9 Å². The van der Waals surface area contributed by atoms with E-state index in [1.807, 2.05) is 0 Å². The van der Waals surface area contributed by atoms with Crippen molar-refractivity contribution in [2.24, 2.45) is 0 Å². The molecule has 0 unspecified atom stereocenters. The fraction of sp³-hybridized carbons (Fsp3) is 0.333. The van der Waals surface area contributed by atoms with Crippen LogP contribution in [0.3, 0.4) is 0 Å². The average Bonchev–Trinajstić information content (AvgIpc) is 2.66. The Morgan fingerprint density at radius 2 is 1.84 bits per heavy atom. The van der Waals surface area contributed by atoms with E-state index in [2.05, 4.69) is 55.6 Å². The van der Waals surface area contributed by atoms with E-state index < -0.39 is 0 Å². The first kappa shape index (κ1) is 12.4. The highest BCUT2D eigenvalue weighted by atomic mass is 14.8. The van der Waals surface area contributed by atoms with Crippen molar-refractivity contribution in [2.45, 2.75) is 33.2 Å². The second kappa shape index (κ2) is 5.18. The van der Waals surface area contributed by atoms with Gasteiger partial charge in [-0.05, 0) is 67.1 Å². The van der Waals surface area contributed by atoms with Gasteiger partial charge < -0.3 is 5.32 Å². The third-order valence-electron chi connectivity index (χ3n) is 4.03. The summed E-state index contributed by atoms with van der Waals surface area (Å²) < 4.78 is 0. The topological polar surface area (TPSA) is 12.0 Å². The number of fused-ring (bicyclic) bond motifs is 1. The van der Waals surface area contributed by atoms with Gasteiger partial charge in [0.05, 0.1) is 0 Å². The molecule has 2 aromatic rings. The van der Waals surface area contributed by atoms with Crippen LogP contribution in [0.15, 0.2) is 36.4 Å². The van der Waals surface area contributed by atoms with E-state index in [1.54, 1.807) is 0 Å². The van der Waals surface area contributed by atoms with Crippen LogP contribution in [0.4, 0.5) is 0 Å². The van der Waals surface area contributed by atoms with Gasteiger partial charge in [0.15, 0.2) is 0 Å². The smallest absolute Gasteiger partial charge is 0.0208 e. The minimum Gasteiger partial charge on any atom is -0.313 e. The summed E-state index contributed by atoms with van der Waals surface area (Å²) in [5.74, 6) is 0. The normalized spacial score (nSPS) is 14.8. The van der Waals surface area contributed by atoms with Gasteiger partial charge in [-0.15, -0.1) is 0 Å². The number of hydrogen-bond donors (Lipinski definition) is 1. The predicted molar refractivity (Wildman–Crippen MR) is 81.4 cm³/mol. The van der Waals surface area contributed by atoms with Crippen molar-refractivity contribution in [2.75, 3.05) is 6.54 Å². The monoisotopic (exact) mass is 251 g/mol. The molecule has 1 heterocycles. The summed E-state index contributed by atoms with van der Waals surface area (Å²) >= 11 is 0. The lowest BCUT2D eigenvalue weighted by atomic mass is 9.94. The van der Waals surface area contributed by atoms with Crippen molar-refractivity contribution in [3.8, 4) is 11.1 Å². The fourth-order valence-electron chi connectivity index (χ4n) is 2.88. The SMILES string of the molecule is Cc1ccc(C)c(-c2ccc3c(c2)CNCCC3)c1. The van der Waals surface area contributed by atoms with E-state index in [1.165, 1.54) is 46.2 Å². The number of hydrogen-bond acceptors (Lipinski definition) is 1. The highest BCUT2D eigenvalue weighted by molar-refractivity contribution is 5.69. The zero-order valence-electron chi connectivity index (χ0n) is 11.8. The van der Waals surface area contributed by atoms with Gasteiger partial charge in [0.1, 0.15) is 0 Å². The molecule has 2 aromatic carbocycles. The zero-order chi connectivity index (χ0) is 13.2. The maximum absolute atomic E-state index is 3.51. The molecule has 1 N–H and O–H groups in total. The van der Waals surface area contributed by atoms with Crippen LogP contribution in [0.1, 0.15) is 28.7 Å². The Hall–Kier alpha value is -1.60. The number of benzene rings is 2. The molecule has 1 nitrogen and oxygen atoms in total. The predicted octanol–water partition coefficient (Wildman–Crippen LogP) is 4.01. The number of nitrogens with one attached hydrogen (secondary N) is 1. The first-order valence-electron chi connectivity index (χ1n) is 7.14. The molecular weight excluding hydrogens is 230 g/mol. The molecule has 1 aliphatic heterocycles. The Labute approximate surface area is 115 Å². The van der Waals surface area contributed by atoms with Crippen LogP contribution in [0, 0.1) is 13.8 Å². The van der Waals surface area contributed by atoms with Gasteiger partial charge in [-0.25, -0.2) is 0 Å². The van der Waals surface area contributed by atoms with E-state index in [9.17, 15) is 0 Å². The molecule has 98 valence electrons. The lowest BCUT2D eigenvalue weighted by molar-refractivity contribution is 0.681. The highest BCUT2D eigenvalue weighted by Gasteiger charge is 2.09. The molecule has 0 fully saturated rings. The first-order valence-corrected chi connectivity index (χ1v) is 7.14. The maximum Gasteiger partial charge on any atom is 0.0208 e. The average molecular weight is 251 g/mol. The Morgan fingerprint density at radius 3 is 2.74 bits per heavy atom. The summed E-state index contributed by atoms with van der Waals surface area (Å²) in [5.41, 5.74) is 8.38. The van der Waals surface area contributed by atoms with Crippen LogP contribution in [-0.2, 0) is 13.0 Å². The van der Waals surface area contributed by atoms with Crippen molar-refractivity contribution < 1.29 is 0 Å². The summed E-state index contributed by atoms with van der Waals surface area (Å²) in [6, 6.07) is 13.7. The van der Waals surface area contributed by atoms with Gasteiger partial charge in [-0.2, -0.15) is 0 Å². The standard InChI is InChI=1S/C18H21N/c1-13-5-6-14(2)18(10-13)16-8-7-15-4-3-9-19-12-17(15)11-16/h5-8,10-11,19H,3-4,9,12H2,1-2H3. The van der Waals surface area contributed by atoms with Gasteiger partial charge in [-0.3, -0.25) is 0 Å². The second-order valence-electron chi connectivity index (χ2n) is 5.58. The van der Waals surface area contributed by atoms with E-state index >= 15 is 0 Å². The molecule has 0 amide bonds. The van der Waals surface area contributed by atoms with Crippen molar-refractivity contribution in [3.63, 3.8) is 0 Å². The third kappa shape index (κ3) is 2.57. The van der Waals surface area contributed by atoms with Gasteiger partial charge in [0.2, 0.25) is 0 Å². The minimum absolute atomic E-state index is 1.01. The van der Waals surface area contributed by atoms with Crippen molar-refractivity contribution in [1.82, 2.24) is 5.32 Å². The first-order chi connectivity index (χ1) is 9.24. The van der Waals surface area contributed by atoms with Crippen molar-refractivity contribution in [3.05, 3.63) is 58.7 Å². The molecule has 0 saturated heterocycles. The molecule has 1 heteroatoms. The molecule has 0 saturated carbocycles. The molecule has 0 aliphatic carbocycles. The molecular formula is C18H21N. The second-order valence-corrected chi connectivity index (χ2v) is 5.58. The highest BCUT2D eigenvalue weighted by Crippen LogP contribution is 2.27. The van der Waals surface area contributed by atoms with Crippen LogP contribution >= 0.6 is 0 Å². The van der Waals surface area contributed by atoms with Crippen LogP contribution in [0.5, 0.6) is 0 Å². The van der Waals surface area contributed by atoms with Gasteiger partial charge >= 0.3 is 0 Å². The molecule has 3 rings (SSSR count). The van der Waals surface area contributed by atoms with Crippen LogP contribution in [0.25, 0.3) is 11.1 Å². The lowest BCUT2D eigenvalue weighted by Crippen LogP contribution is -2.11. The van der Waals surface area contributed by atoms with E-state index in [0.717, 1.165) is 13.1 Å². The van der Waals surface area contributed by atoms with Gasteiger partial charge in [0, 0.05) is 6.54 Å². The molecule has 0 aromatic heterocycles. The van der Waals surface area contributed by atoms with Gasteiger partial charge in [0.25, 0.3) is 0 Å². The summed E-state index contributed by atoms with van der Waals surface area (Å²) in [6.07, 6.45) is 2.45. The van der Waals surface area contributed by atoms with Crippen LogP contribution in [0.2, 0.25) is 0 Å². The van der Waals surface area contributed by atoms with Crippen LogP contribution in [-0.4, -0.2) is 6.54 Å². The number of aryl methyl sites for hydroxylation is 3. The van der Waals surface area contributed by atoms with E-state index in [0.29, 0.717) is 0 Å². The van der Waals surface area contributed by atoms with Crippen LogP contribution < -0.4 is 5.32 Å². The molecule has 0 bridgehead atoms. The Bertz CT molecular complexity index is 599. The largest absolute Gasteiger partial charge is 0.313 e. The van der Waals surface area contributed by atoms with E-state index in [-0.39, 0.29) is 0 Å². The van der Waals surface area contributed by atoms with E-state index in [4.69, 9.17) is 0 Å². The summed E-state index contributed by atoms with van der Waals surface area (Å²) in [4.78, 5) is 0. The van der Waals surface area contributed by atoms with Crippen molar-refractivity contribution in [1.29, 1.82) is 0 Å². The fourth-order valence-corrected chi connectivity index (χ4v) is 2.88. The summed E-state index contributed by atoms with van der Waals surface area (Å²) in [7, 11) is 0. The third-order valence-corrected chi connectivity index (χ3v) is 4.03. The molecule has 0 spiro atoms. The Kier molecular flexibility index (Phi) is 3.39. The Balaban J connectivity index is 2.06. The molecule has 1 aliphatic rings. The lowest BCUT2D eigenvalue weighted by Gasteiger charge is -2.12. The molecule has 19 heavy (non-hydrogen) atoms. The quantitative estimate of drug-likeness (QED) is 0.807. The molecule has 0 atom stereocenters. The summed E-state index contributed by atoms with van der Waals surface area (Å²) in [5, 5.41) is 3.51.